The van der Waals surface area contributed by atoms with Crippen LogP contribution in [0.1, 0.15) is 18.5 Å². The second kappa shape index (κ2) is 8.72. The van der Waals surface area contributed by atoms with Crippen molar-refractivity contribution in [1.82, 2.24) is 5.32 Å². The van der Waals surface area contributed by atoms with Crippen LogP contribution in [0.4, 0.5) is 5.69 Å². The Kier molecular flexibility index (Phi) is 5.68. The number of fused-ring (bicyclic) bond motifs is 1. The zero-order valence-electron chi connectivity index (χ0n) is 16.4. The highest BCUT2D eigenvalue weighted by atomic mass is 16.1. The maximum atomic E-state index is 12.6. The van der Waals surface area contributed by atoms with Crippen LogP contribution in [0, 0.1) is 0 Å². The van der Waals surface area contributed by atoms with Gasteiger partial charge >= 0.3 is 0 Å². The van der Waals surface area contributed by atoms with E-state index >= 15 is 0 Å². The zero-order chi connectivity index (χ0) is 20.1. The molecule has 1 atom stereocenters. The van der Waals surface area contributed by atoms with Crippen molar-refractivity contribution in [1.29, 1.82) is 0 Å². The first-order valence-corrected chi connectivity index (χ1v) is 9.88. The summed E-state index contributed by atoms with van der Waals surface area (Å²) in [5.74, 6) is -0.0551. The third kappa shape index (κ3) is 4.36. The average Bonchev–Trinajstić information content (AvgIpc) is 2.78. The number of para-hydroxylation sites is 1. The van der Waals surface area contributed by atoms with Gasteiger partial charge in [-0.1, -0.05) is 91.0 Å². The van der Waals surface area contributed by atoms with Crippen molar-refractivity contribution < 1.29 is 4.79 Å². The molecular weight excluding hydrogens is 356 g/mol. The Morgan fingerprint density at radius 2 is 1.48 bits per heavy atom. The third-order valence-electron chi connectivity index (χ3n) is 5.14. The zero-order valence-corrected chi connectivity index (χ0v) is 16.4. The summed E-state index contributed by atoms with van der Waals surface area (Å²) in [4.78, 5) is 12.6. The molecule has 0 fully saturated rings. The molecule has 0 bridgehead atoms. The lowest BCUT2D eigenvalue weighted by atomic mass is 10.00. The molecule has 0 heterocycles. The summed E-state index contributed by atoms with van der Waals surface area (Å²) >= 11 is 0. The van der Waals surface area contributed by atoms with E-state index in [1.54, 1.807) is 0 Å². The first-order valence-electron chi connectivity index (χ1n) is 9.88. The maximum Gasteiger partial charge on any atom is 0.238 e. The number of rotatable bonds is 6. The minimum atomic E-state index is -0.0551. The van der Waals surface area contributed by atoms with E-state index in [-0.39, 0.29) is 18.5 Å². The summed E-state index contributed by atoms with van der Waals surface area (Å²) in [5, 5.41) is 8.83. The van der Waals surface area contributed by atoms with Gasteiger partial charge in [-0.15, -0.1) is 0 Å². The molecule has 0 aliphatic carbocycles. The van der Waals surface area contributed by atoms with Crippen molar-refractivity contribution in [2.75, 3.05) is 11.9 Å². The van der Waals surface area contributed by atoms with Gasteiger partial charge in [0.1, 0.15) is 0 Å². The quantitative estimate of drug-likeness (QED) is 0.444. The molecular formula is C26H24N2O. The normalized spacial score (nSPS) is 11.9. The van der Waals surface area contributed by atoms with E-state index < -0.39 is 0 Å². The summed E-state index contributed by atoms with van der Waals surface area (Å²) in [6.07, 6.45) is 0. The van der Waals surface area contributed by atoms with Gasteiger partial charge in [-0.25, -0.2) is 0 Å². The summed E-state index contributed by atoms with van der Waals surface area (Å²) in [6, 6.07) is 32.7. The van der Waals surface area contributed by atoms with E-state index in [0.717, 1.165) is 16.8 Å². The molecule has 4 aromatic carbocycles. The number of carbonyl (C=O) groups is 1. The van der Waals surface area contributed by atoms with Gasteiger partial charge in [0.15, 0.2) is 0 Å². The Morgan fingerprint density at radius 3 is 2.34 bits per heavy atom. The minimum absolute atomic E-state index is 0.0551. The van der Waals surface area contributed by atoms with Crippen LogP contribution in [0.5, 0.6) is 0 Å². The predicted molar refractivity (Wildman–Crippen MR) is 121 cm³/mol. The van der Waals surface area contributed by atoms with Crippen molar-refractivity contribution >= 4 is 22.4 Å². The fourth-order valence-corrected chi connectivity index (χ4v) is 3.64. The van der Waals surface area contributed by atoms with Crippen LogP contribution in [0.15, 0.2) is 97.1 Å². The number of hydrogen-bond donors (Lipinski definition) is 2. The lowest BCUT2D eigenvalue weighted by Crippen LogP contribution is -2.30. The van der Waals surface area contributed by atoms with Crippen LogP contribution in [-0.4, -0.2) is 12.5 Å². The molecule has 3 heteroatoms. The predicted octanol–water partition coefficient (Wildman–Crippen LogP) is 5.80. The van der Waals surface area contributed by atoms with E-state index in [4.69, 9.17) is 0 Å². The second-order valence-electron chi connectivity index (χ2n) is 7.13. The van der Waals surface area contributed by atoms with Crippen molar-refractivity contribution in [3.8, 4) is 11.1 Å². The standard InChI is InChI=1S/C26H24N2O/c1-19(22-16-9-13-20-12-5-6-14-23(20)22)27-18-26(29)28-25-17-8-7-15-24(25)21-10-3-2-4-11-21/h2-17,19,27H,18H2,1H3,(H,28,29)/t19-/m1/s1. The lowest BCUT2D eigenvalue weighted by molar-refractivity contribution is -0.115. The molecule has 0 aromatic heterocycles. The Hall–Kier alpha value is -3.43. The molecule has 2 N–H and O–H groups in total. The smallest absolute Gasteiger partial charge is 0.238 e. The van der Waals surface area contributed by atoms with E-state index in [2.05, 4.69) is 47.9 Å². The number of amides is 1. The van der Waals surface area contributed by atoms with Gasteiger partial charge < -0.3 is 10.6 Å². The topological polar surface area (TPSA) is 41.1 Å². The molecule has 0 aliphatic heterocycles. The SMILES string of the molecule is C[C@@H](NCC(=O)Nc1ccccc1-c1ccccc1)c1cccc2ccccc12. The minimum Gasteiger partial charge on any atom is -0.324 e. The highest BCUT2D eigenvalue weighted by molar-refractivity contribution is 5.96. The Labute approximate surface area is 171 Å². The Morgan fingerprint density at radius 1 is 0.793 bits per heavy atom. The highest BCUT2D eigenvalue weighted by Crippen LogP contribution is 2.27. The Balaban J connectivity index is 1.45. The van der Waals surface area contributed by atoms with E-state index in [9.17, 15) is 4.79 Å². The van der Waals surface area contributed by atoms with E-state index in [0.29, 0.717) is 0 Å². The molecule has 0 saturated carbocycles. The number of benzene rings is 4. The van der Waals surface area contributed by atoms with Crippen LogP contribution in [0.3, 0.4) is 0 Å². The van der Waals surface area contributed by atoms with Crippen LogP contribution in [0.2, 0.25) is 0 Å². The second-order valence-corrected chi connectivity index (χ2v) is 7.13. The maximum absolute atomic E-state index is 12.6. The van der Waals surface area contributed by atoms with Crippen LogP contribution in [0.25, 0.3) is 21.9 Å². The van der Waals surface area contributed by atoms with Gasteiger partial charge in [0.05, 0.1) is 6.54 Å². The molecule has 0 aliphatic rings. The number of anilines is 1. The summed E-state index contributed by atoms with van der Waals surface area (Å²) in [7, 11) is 0. The molecule has 3 nitrogen and oxygen atoms in total. The molecule has 0 spiro atoms. The largest absolute Gasteiger partial charge is 0.324 e. The molecule has 144 valence electrons. The fourth-order valence-electron chi connectivity index (χ4n) is 3.64. The van der Waals surface area contributed by atoms with Crippen molar-refractivity contribution in [3.63, 3.8) is 0 Å². The first kappa shape index (κ1) is 18.9. The molecule has 0 radical (unpaired) electrons. The average molecular weight is 380 g/mol. The van der Waals surface area contributed by atoms with Crippen molar-refractivity contribution in [2.45, 2.75) is 13.0 Å². The fraction of sp³-hybridized carbons (Fsp3) is 0.115. The first-order chi connectivity index (χ1) is 14.2. The molecule has 4 aromatic rings. The van der Waals surface area contributed by atoms with Gasteiger partial charge in [-0.2, -0.15) is 0 Å². The van der Waals surface area contributed by atoms with Gasteiger partial charge in [-0.05, 0) is 34.9 Å². The lowest BCUT2D eigenvalue weighted by Gasteiger charge is -2.17. The van der Waals surface area contributed by atoms with Gasteiger partial charge in [0.2, 0.25) is 5.91 Å². The van der Waals surface area contributed by atoms with E-state index in [1.807, 2.05) is 66.7 Å². The van der Waals surface area contributed by atoms with Gasteiger partial charge in [0, 0.05) is 17.3 Å². The Bertz CT molecular complexity index is 1120. The summed E-state index contributed by atoms with van der Waals surface area (Å²) in [6.45, 7) is 2.33. The van der Waals surface area contributed by atoms with Crippen molar-refractivity contribution in [2.24, 2.45) is 0 Å². The third-order valence-corrected chi connectivity index (χ3v) is 5.14. The van der Waals surface area contributed by atoms with E-state index in [1.165, 1.54) is 16.3 Å². The van der Waals surface area contributed by atoms with Gasteiger partial charge in [-0.3, -0.25) is 4.79 Å². The highest BCUT2D eigenvalue weighted by Gasteiger charge is 2.12. The van der Waals surface area contributed by atoms with Crippen LogP contribution < -0.4 is 10.6 Å². The number of nitrogens with one attached hydrogen (secondary N) is 2. The summed E-state index contributed by atoms with van der Waals surface area (Å²) < 4.78 is 0. The van der Waals surface area contributed by atoms with Gasteiger partial charge in [0.25, 0.3) is 0 Å². The molecule has 4 rings (SSSR count). The van der Waals surface area contributed by atoms with Crippen LogP contribution >= 0.6 is 0 Å². The molecule has 0 unspecified atom stereocenters. The monoisotopic (exact) mass is 380 g/mol. The molecule has 0 saturated heterocycles. The van der Waals surface area contributed by atoms with Crippen molar-refractivity contribution in [3.05, 3.63) is 103 Å². The number of carbonyl (C=O) groups excluding carboxylic acids is 1. The molecule has 1 amide bonds. The summed E-state index contributed by atoms with van der Waals surface area (Å²) in [5.41, 5.74) is 4.12. The number of hydrogen-bond acceptors (Lipinski definition) is 2. The molecule has 29 heavy (non-hydrogen) atoms. The van der Waals surface area contributed by atoms with Crippen LogP contribution in [-0.2, 0) is 4.79 Å².